The van der Waals surface area contributed by atoms with Crippen LogP contribution in [-0.4, -0.2) is 109 Å². The summed E-state index contributed by atoms with van der Waals surface area (Å²) in [6.45, 7) is 16.4. The highest BCUT2D eigenvalue weighted by molar-refractivity contribution is 5.77. The van der Waals surface area contributed by atoms with E-state index >= 15 is 0 Å². The minimum atomic E-state index is -0.931. The maximum absolute atomic E-state index is 12.8. The molecule has 1 atom stereocenters. The van der Waals surface area contributed by atoms with Gasteiger partial charge in [0.05, 0.1) is 6.54 Å². The van der Waals surface area contributed by atoms with Crippen LogP contribution in [0.5, 0.6) is 0 Å². The smallest absolute Gasteiger partial charge is 0.323 e. The highest BCUT2D eigenvalue weighted by Crippen LogP contribution is 2.15. The number of carbonyl (C=O) groups excluding carboxylic acids is 2. The topological polar surface area (TPSA) is 120 Å². The first-order valence-electron chi connectivity index (χ1n) is 11.8. The second-order valence-corrected chi connectivity index (χ2v) is 10.4. The number of hydrogen-bond acceptors (Lipinski definition) is 9. The molecule has 192 valence electrons. The van der Waals surface area contributed by atoms with Crippen molar-refractivity contribution in [2.75, 3.05) is 58.9 Å². The predicted octanol–water partition coefficient (Wildman–Crippen LogP) is 0.700. The highest BCUT2D eigenvalue weighted by Gasteiger charge is 2.30. The van der Waals surface area contributed by atoms with Gasteiger partial charge in [-0.05, 0) is 48.0 Å². The standard InChI is InChI=1S/C23H44N4O6/c1-22(2,3)32-20(30)17-26-13-9-24-11-15-27(16-12-25-10-14-26)18(7-8-19(28)29)21(31)33-23(4,5)6/h18,24-25H,7-17H2,1-6H3,(H,28,29)/t18-/m0/s1. The Balaban J connectivity index is 2.72. The molecule has 0 radical (unpaired) electrons. The minimum absolute atomic E-state index is 0.0963. The molecule has 1 aliphatic rings. The van der Waals surface area contributed by atoms with Gasteiger partial charge in [0.1, 0.15) is 17.2 Å². The normalized spacial score (nSPS) is 19.1. The Hall–Kier alpha value is -1.75. The third kappa shape index (κ3) is 14.2. The molecule has 0 bridgehead atoms. The van der Waals surface area contributed by atoms with E-state index < -0.39 is 23.2 Å². The van der Waals surface area contributed by atoms with Crippen LogP contribution in [0.2, 0.25) is 0 Å². The zero-order valence-electron chi connectivity index (χ0n) is 21.2. The van der Waals surface area contributed by atoms with Gasteiger partial charge in [0, 0.05) is 58.8 Å². The van der Waals surface area contributed by atoms with Crippen molar-refractivity contribution in [2.24, 2.45) is 0 Å². The predicted molar refractivity (Wildman–Crippen MR) is 126 cm³/mol. The number of esters is 2. The molecule has 1 saturated heterocycles. The van der Waals surface area contributed by atoms with E-state index in [0.717, 1.165) is 0 Å². The monoisotopic (exact) mass is 472 g/mol. The number of carboxylic acid groups (broad SMARTS) is 1. The Morgan fingerprint density at radius 3 is 1.79 bits per heavy atom. The van der Waals surface area contributed by atoms with E-state index in [2.05, 4.69) is 15.5 Å². The van der Waals surface area contributed by atoms with Crippen LogP contribution in [0, 0.1) is 0 Å². The maximum atomic E-state index is 12.8. The fourth-order valence-electron chi connectivity index (χ4n) is 3.50. The van der Waals surface area contributed by atoms with E-state index in [1.54, 1.807) is 0 Å². The number of ether oxygens (including phenoxy) is 2. The first-order chi connectivity index (χ1) is 15.3. The Bertz CT molecular complexity index is 615. The van der Waals surface area contributed by atoms with Crippen molar-refractivity contribution in [1.29, 1.82) is 0 Å². The number of nitrogens with zero attached hydrogens (tertiary/aromatic N) is 2. The van der Waals surface area contributed by atoms with Crippen LogP contribution in [0.15, 0.2) is 0 Å². The summed E-state index contributed by atoms with van der Waals surface area (Å²) in [7, 11) is 0. The van der Waals surface area contributed by atoms with Gasteiger partial charge < -0.3 is 25.2 Å². The molecule has 1 aliphatic heterocycles. The second-order valence-electron chi connectivity index (χ2n) is 10.4. The highest BCUT2D eigenvalue weighted by atomic mass is 16.6. The van der Waals surface area contributed by atoms with Crippen molar-refractivity contribution in [2.45, 2.75) is 71.6 Å². The SMILES string of the molecule is CC(C)(C)OC(=O)CN1CCNCCN([C@@H](CCC(=O)O)C(=O)OC(C)(C)C)CCNCC1. The van der Waals surface area contributed by atoms with Crippen molar-refractivity contribution in [1.82, 2.24) is 20.4 Å². The fourth-order valence-corrected chi connectivity index (χ4v) is 3.50. The molecule has 3 N–H and O–H groups in total. The molecule has 0 aromatic heterocycles. The van der Waals surface area contributed by atoms with Gasteiger partial charge in [-0.3, -0.25) is 24.2 Å². The van der Waals surface area contributed by atoms with E-state index in [1.807, 2.05) is 46.4 Å². The van der Waals surface area contributed by atoms with Gasteiger partial charge in [-0.25, -0.2) is 0 Å². The summed E-state index contributed by atoms with van der Waals surface area (Å²) in [5.74, 6) is -1.56. The van der Waals surface area contributed by atoms with Crippen LogP contribution < -0.4 is 10.6 Å². The number of carbonyl (C=O) groups is 3. The molecule has 10 nitrogen and oxygen atoms in total. The van der Waals surface area contributed by atoms with E-state index in [0.29, 0.717) is 52.4 Å². The Morgan fingerprint density at radius 1 is 0.848 bits per heavy atom. The van der Waals surface area contributed by atoms with Crippen LogP contribution in [0.4, 0.5) is 0 Å². The van der Waals surface area contributed by atoms with Gasteiger partial charge in [0.2, 0.25) is 0 Å². The third-order valence-corrected chi connectivity index (χ3v) is 4.89. The van der Waals surface area contributed by atoms with Crippen LogP contribution >= 0.6 is 0 Å². The lowest BCUT2D eigenvalue weighted by atomic mass is 10.1. The molecule has 1 heterocycles. The van der Waals surface area contributed by atoms with Crippen LogP contribution in [0.1, 0.15) is 54.4 Å². The first-order valence-corrected chi connectivity index (χ1v) is 11.8. The quantitative estimate of drug-likeness (QED) is 0.457. The summed E-state index contributed by atoms with van der Waals surface area (Å²) < 4.78 is 11.0. The molecule has 1 rings (SSSR count). The summed E-state index contributed by atoms with van der Waals surface area (Å²) in [4.78, 5) is 40.2. The number of hydrogen-bond donors (Lipinski definition) is 3. The summed E-state index contributed by atoms with van der Waals surface area (Å²) in [6.07, 6.45) is 0.106. The Labute approximate surface area is 198 Å². The Morgan fingerprint density at radius 2 is 1.33 bits per heavy atom. The van der Waals surface area contributed by atoms with Gasteiger partial charge in [-0.2, -0.15) is 0 Å². The maximum Gasteiger partial charge on any atom is 0.323 e. The van der Waals surface area contributed by atoms with Crippen LogP contribution in [-0.2, 0) is 23.9 Å². The third-order valence-electron chi connectivity index (χ3n) is 4.89. The number of rotatable bonds is 7. The van der Waals surface area contributed by atoms with E-state index in [9.17, 15) is 14.4 Å². The lowest BCUT2D eigenvalue weighted by Crippen LogP contribution is -2.50. The molecule has 33 heavy (non-hydrogen) atoms. The van der Waals surface area contributed by atoms with E-state index in [4.69, 9.17) is 14.6 Å². The van der Waals surface area contributed by atoms with Gasteiger partial charge in [0.15, 0.2) is 0 Å². The average Bonchev–Trinajstić information content (AvgIpc) is 2.61. The van der Waals surface area contributed by atoms with E-state index in [1.165, 1.54) is 0 Å². The molecule has 0 aliphatic carbocycles. The Kier molecular flexibility index (Phi) is 12.3. The minimum Gasteiger partial charge on any atom is -0.481 e. The lowest BCUT2D eigenvalue weighted by Gasteiger charge is -2.33. The van der Waals surface area contributed by atoms with Gasteiger partial charge in [-0.1, -0.05) is 0 Å². The molecule has 0 aromatic carbocycles. The van der Waals surface area contributed by atoms with Crippen molar-refractivity contribution in [3.63, 3.8) is 0 Å². The summed E-state index contributed by atoms with van der Waals surface area (Å²) in [5, 5.41) is 15.9. The van der Waals surface area contributed by atoms with Gasteiger partial charge in [0.25, 0.3) is 0 Å². The molecule has 10 heteroatoms. The van der Waals surface area contributed by atoms with Gasteiger partial charge >= 0.3 is 17.9 Å². The number of carboxylic acids is 1. The van der Waals surface area contributed by atoms with E-state index in [-0.39, 0.29) is 31.3 Å². The molecule has 1 fully saturated rings. The fraction of sp³-hybridized carbons (Fsp3) is 0.870. The largest absolute Gasteiger partial charge is 0.481 e. The first kappa shape index (κ1) is 29.3. The molecule has 0 spiro atoms. The zero-order valence-corrected chi connectivity index (χ0v) is 21.2. The van der Waals surface area contributed by atoms with Crippen molar-refractivity contribution in [3.8, 4) is 0 Å². The van der Waals surface area contributed by atoms with Crippen molar-refractivity contribution < 1.29 is 29.0 Å². The van der Waals surface area contributed by atoms with Crippen molar-refractivity contribution in [3.05, 3.63) is 0 Å². The van der Waals surface area contributed by atoms with Crippen LogP contribution in [0.25, 0.3) is 0 Å². The summed E-state index contributed by atoms with van der Waals surface area (Å²) in [6, 6.07) is -0.615. The molecule has 0 saturated carbocycles. The molecule has 0 amide bonds. The lowest BCUT2D eigenvalue weighted by molar-refractivity contribution is -0.162. The summed E-state index contributed by atoms with van der Waals surface area (Å²) in [5.41, 5.74) is -1.14. The van der Waals surface area contributed by atoms with Crippen LogP contribution in [0.3, 0.4) is 0 Å². The van der Waals surface area contributed by atoms with Crippen molar-refractivity contribution >= 4 is 17.9 Å². The number of aliphatic carboxylic acids is 1. The second kappa shape index (κ2) is 13.8. The average molecular weight is 473 g/mol. The van der Waals surface area contributed by atoms with Gasteiger partial charge in [-0.15, -0.1) is 0 Å². The number of nitrogens with one attached hydrogen (secondary N) is 2. The zero-order chi connectivity index (χ0) is 25.1. The summed E-state index contributed by atoms with van der Waals surface area (Å²) >= 11 is 0. The molecule has 0 aromatic rings. The molecular weight excluding hydrogens is 428 g/mol. The molecular formula is C23H44N4O6. The molecule has 0 unspecified atom stereocenters.